The highest BCUT2D eigenvalue weighted by Gasteiger charge is 2.10. The molecule has 0 aliphatic rings. The van der Waals surface area contributed by atoms with Crippen LogP contribution in [0.3, 0.4) is 0 Å². The molecule has 0 spiro atoms. The zero-order valence-corrected chi connectivity index (χ0v) is 18.2. The van der Waals surface area contributed by atoms with Crippen LogP contribution >= 0.6 is 0 Å². The van der Waals surface area contributed by atoms with E-state index < -0.39 is 6.16 Å². The Morgan fingerprint density at radius 3 is 1.97 bits per heavy atom. The second-order valence-electron chi connectivity index (χ2n) is 7.74. The quantitative estimate of drug-likeness (QED) is 0.154. The minimum Gasteiger partial charge on any atom is -0.504 e. The first-order valence-electron chi connectivity index (χ1n) is 11.4. The van der Waals surface area contributed by atoms with Crippen LogP contribution in [-0.4, -0.2) is 29.6 Å². The van der Waals surface area contributed by atoms with Gasteiger partial charge in [0.15, 0.2) is 11.5 Å². The Morgan fingerprint density at radius 1 is 0.828 bits per heavy atom. The Kier molecular flexibility index (Phi) is 14.9. The van der Waals surface area contributed by atoms with Gasteiger partial charge in [-0.05, 0) is 37.3 Å². The first-order chi connectivity index (χ1) is 14.1. The third-order valence-electron chi connectivity index (χ3n) is 5.16. The third kappa shape index (κ3) is 13.2. The van der Waals surface area contributed by atoms with E-state index in [1.165, 1.54) is 57.4 Å². The number of ether oxygens (including phenoxy) is 2. The fourth-order valence-electron chi connectivity index (χ4n) is 3.44. The van der Waals surface area contributed by atoms with Gasteiger partial charge < -0.3 is 19.7 Å². The van der Waals surface area contributed by atoms with Crippen molar-refractivity contribution in [2.75, 3.05) is 13.2 Å². The highest BCUT2D eigenvalue weighted by atomic mass is 16.7. The van der Waals surface area contributed by atoms with E-state index in [0.717, 1.165) is 57.3 Å². The average molecular weight is 409 g/mol. The van der Waals surface area contributed by atoms with Crippen molar-refractivity contribution in [3.63, 3.8) is 0 Å². The molecule has 0 radical (unpaired) electrons. The van der Waals surface area contributed by atoms with E-state index in [1.54, 1.807) is 6.07 Å². The number of benzene rings is 1. The maximum Gasteiger partial charge on any atom is 0.511 e. The van der Waals surface area contributed by atoms with Crippen molar-refractivity contribution in [3.8, 4) is 11.5 Å². The van der Waals surface area contributed by atoms with E-state index in [2.05, 4.69) is 11.7 Å². The van der Waals surface area contributed by atoms with Gasteiger partial charge in [0.1, 0.15) is 0 Å². The zero-order valence-electron chi connectivity index (χ0n) is 18.2. The summed E-state index contributed by atoms with van der Waals surface area (Å²) in [6.45, 7) is 4.00. The van der Waals surface area contributed by atoms with Gasteiger partial charge in [-0.1, -0.05) is 83.3 Å². The summed E-state index contributed by atoms with van der Waals surface area (Å²) in [6.07, 6.45) is 15.4. The number of carbonyl (C=O) groups is 1. The van der Waals surface area contributed by atoms with Crippen LogP contribution in [0.1, 0.15) is 96.0 Å². The fraction of sp³-hybridized carbons (Fsp3) is 0.708. The molecule has 0 unspecified atom stereocenters. The van der Waals surface area contributed by atoms with Crippen LogP contribution in [0.5, 0.6) is 11.5 Å². The lowest BCUT2D eigenvalue weighted by atomic mass is 10.0. The summed E-state index contributed by atoms with van der Waals surface area (Å²) in [7, 11) is 0. The first kappa shape index (κ1) is 25.3. The molecule has 5 heteroatoms. The number of aromatic hydroxyl groups is 1. The number of rotatable bonds is 18. The van der Waals surface area contributed by atoms with Gasteiger partial charge in [-0.3, -0.25) is 0 Å². The van der Waals surface area contributed by atoms with Crippen molar-refractivity contribution < 1.29 is 24.5 Å². The van der Waals surface area contributed by atoms with E-state index in [4.69, 9.17) is 9.84 Å². The molecule has 29 heavy (non-hydrogen) atoms. The molecular weight excluding hydrogens is 368 g/mol. The van der Waals surface area contributed by atoms with Crippen LogP contribution in [0.25, 0.3) is 0 Å². The van der Waals surface area contributed by atoms with E-state index in [-0.39, 0.29) is 11.5 Å². The molecule has 1 aromatic carbocycles. The van der Waals surface area contributed by atoms with Crippen LogP contribution in [-0.2, 0) is 11.2 Å². The Labute approximate surface area is 176 Å². The Balaban J connectivity index is 1.92. The molecule has 0 atom stereocenters. The normalized spacial score (nSPS) is 10.9. The lowest BCUT2D eigenvalue weighted by Crippen LogP contribution is -2.03. The molecule has 0 aliphatic carbocycles. The molecule has 1 aromatic rings. The van der Waals surface area contributed by atoms with Crippen molar-refractivity contribution in [2.45, 2.75) is 96.8 Å². The van der Waals surface area contributed by atoms with E-state index in [9.17, 15) is 9.90 Å². The lowest BCUT2D eigenvalue weighted by molar-refractivity contribution is 0.125. The van der Waals surface area contributed by atoms with Crippen molar-refractivity contribution in [2.24, 2.45) is 0 Å². The third-order valence-corrected chi connectivity index (χ3v) is 5.16. The van der Waals surface area contributed by atoms with Gasteiger partial charge in [0.2, 0.25) is 0 Å². The van der Waals surface area contributed by atoms with Gasteiger partial charge in [-0.15, -0.1) is 0 Å². The van der Waals surface area contributed by atoms with Crippen molar-refractivity contribution in [1.82, 2.24) is 0 Å². The lowest BCUT2D eigenvalue weighted by Gasteiger charge is -2.08. The molecular formula is C24H40O5. The minimum atomic E-state index is -1.41. The first-order valence-corrected chi connectivity index (χ1v) is 11.4. The molecule has 166 valence electrons. The van der Waals surface area contributed by atoms with Crippen molar-refractivity contribution in [1.29, 1.82) is 0 Å². The molecule has 1 rings (SSSR count). The monoisotopic (exact) mass is 408 g/mol. The highest BCUT2D eigenvalue weighted by Crippen LogP contribution is 2.31. The fourth-order valence-corrected chi connectivity index (χ4v) is 3.44. The topological polar surface area (TPSA) is 76.0 Å². The van der Waals surface area contributed by atoms with Gasteiger partial charge in [-0.2, -0.15) is 0 Å². The van der Waals surface area contributed by atoms with Crippen LogP contribution < -0.4 is 4.74 Å². The molecule has 0 aromatic heterocycles. The summed E-state index contributed by atoms with van der Waals surface area (Å²) in [4.78, 5) is 10.6. The van der Waals surface area contributed by atoms with E-state index in [0.29, 0.717) is 0 Å². The van der Waals surface area contributed by atoms with Crippen LogP contribution in [0, 0.1) is 0 Å². The van der Waals surface area contributed by atoms with Gasteiger partial charge in [-0.25, -0.2) is 4.79 Å². The molecule has 0 saturated heterocycles. The Bertz CT molecular complexity index is 544. The predicted octanol–water partition coefficient (Wildman–Crippen LogP) is 7.10. The second kappa shape index (κ2) is 17.1. The summed E-state index contributed by atoms with van der Waals surface area (Å²) >= 11 is 0. The Morgan fingerprint density at radius 2 is 1.38 bits per heavy atom. The molecule has 0 heterocycles. The summed E-state index contributed by atoms with van der Waals surface area (Å²) in [5, 5.41) is 18.7. The molecule has 0 amide bonds. The number of aryl methyl sites for hydroxylation is 1. The van der Waals surface area contributed by atoms with E-state index >= 15 is 0 Å². The van der Waals surface area contributed by atoms with Gasteiger partial charge in [0, 0.05) is 13.2 Å². The molecule has 2 N–H and O–H groups in total. The van der Waals surface area contributed by atoms with Crippen LogP contribution in [0.2, 0.25) is 0 Å². The highest BCUT2D eigenvalue weighted by molar-refractivity contribution is 5.63. The number of hydrogen-bond donors (Lipinski definition) is 2. The SMILES string of the molecule is CCCCCCCCCCOCCCCCCCc1cccc(OC(=O)O)c1O. The predicted molar refractivity (Wildman–Crippen MR) is 117 cm³/mol. The molecule has 0 bridgehead atoms. The Hall–Kier alpha value is -1.75. The van der Waals surface area contributed by atoms with Gasteiger partial charge in [0.25, 0.3) is 0 Å². The number of hydrogen-bond acceptors (Lipinski definition) is 4. The van der Waals surface area contributed by atoms with Gasteiger partial charge >= 0.3 is 6.16 Å². The number of para-hydroxylation sites is 1. The maximum absolute atomic E-state index is 10.6. The second-order valence-corrected chi connectivity index (χ2v) is 7.74. The average Bonchev–Trinajstić information content (AvgIpc) is 2.70. The maximum atomic E-state index is 10.6. The summed E-state index contributed by atoms with van der Waals surface area (Å²) in [5.74, 6) is -0.0621. The summed E-state index contributed by atoms with van der Waals surface area (Å²) in [5.41, 5.74) is 0.734. The van der Waals surface area contributed by atoms with Crippen LogP contribution in [0.4, 0.5) is 4.79 Å². The van der Waals surface area contributed by atoms with Gasteiger partial charge in [0.05, 0.1) is 0 Å². The smallest absolute Gasteiger partial charge is 0.504 e. The molecule has 5 nitrogen and oxygen atoms in total. The standard InChI is InChI=1S/C24H40O5/c1-2-3-4-5-6-7-10-13-19-28-20-14-11-8-9-12-16-21-17-15-18-22(23(21)25)29-24(26)27/h15,17-18,25H,2-14,16,19-20H2,1H3,(H,26,27). The van der Waals surface area contributed by atoms with Crippen molar-refractivity contribution >= 4 is 6.16 Å². The van der Waals surface area contributed by atoms with Crippen molar-refractivity contribution in [3.05, 3.63) is 23.8 Å². The minimum absolute atomic E-state index is 0.00337. The number of carboxylic acid groups (broad SMARTS) is 1. The number of phenolic OH excluding ortho intramolecular Hbond substituents is 1. The summed E-state index contributed by atoms with van der Waals surface area (Å²) in [6, 6.07) is 4.97. The van der Waals surface area contributed by atoms with Crippen LogP contribution in [0.15, 0.2) is 18.2 Å². The number of phenols is 1. The molecule has 0 fully saturated rings. The largest absolute Gasteiger partial charge is 0.511 e. The zero-order chi connectivity index (χ0) is 21.2. The number of unbranched alkanes of at least 4 members (excludes halogenated alkanes) is 11. The molecule has 0 aliphatic heterocycles. The summed E-state index contributed by atoms with van der Waals surface area (Å²) < 4.78 is 10.3. The molecule has 0 saturated carbocycles. The van der Waals surface area contributed by atoms with E-state index in [1.807, 2.05) is 6.07 Å².